The van der Waals surface area contributed by atoms with Crippen LogP contribution in [0.2, 0.25) is 0 Å². The zero-order valence-corrected chi connectivity index (χ0v) is 20.6. The van der Waals surface area contributed by atoms with Crippen molar-refractivity contribution in [3.05, 3.63) is 0 Å². The second kappa shape index (κ2) is 12.5. The van der Waals surface area contributed by atoms with Crippen LogP contribution in [-0.4, -0.2) is 63.3 Å². The summed E-state index contributed by atoms with van der Waals surface area (Å²) in [7, 11) is 2.23. The van der Waals surface area contributed by atoms with Crippen molar-refractivity contribution >= 4 is 29.9 Å². The van der Waals surface area contributed by atoms with Crippen molar-refractivity contribution < 1.29 is 4.74 Å². The van der Waals surface area contributed by atoms with E-state index in [-0.39, 0.29) is 29.4 Å². The summed E-state index contributed by atoms with van der Waals surface area (Å²) in [6, 6.07) is 0. The Kier molecular flexibility index (Phi) is 11.5. The number of rotatable bonds is 6. The zero-order valence-electron chi connectivity index (χ0n) is 18.2. The minimum absolute atomic E-state index is 0. The van der Waals surface area contributed by atoms with Crippen LogP contribution in [0, 0.1) is 17.3 Å². The van der Waals surface area contributed by atoms with Gasteiger partial charge in [0.2, 0.25) is 0 Å². The minimum atomic E-state index is 0. The lowest BCUT2D eigenvalue weighted by molar-refractivity contribution is -0.0823. The highest BCUT2D eigenvalue weighted by atomic mass is 127. The quantitative estimate of drug-likeness (QED) is 0.336. The molecule has 0 aliphatic carbocycles. The first-order chi connectivity index (χ1) is 12.4. The molecule has 2 saturated heterocycles. The normalized spacial score (nSPS) is 25.7. The second-order valence-electron chi connectivity index (χ2n) is 9.24. The lowest BCUT2D eigenvalue weighted by atomic mass is 9.78. The van der Waals surface area contributed by atoms with Gasteiger partial charge in [-0.1, -0.05) is 20.8 Å². The number of piperidine rings is 1. The second-order valence-corrected chi connectivity index (χ2v) is 9.24. The summed E-state index contributed by atoms with van der Waals surface area (Å²) in [4.78, 5) is 7.34. The molecule has 0 radical (unpaired) electrons. The molecule has 0 aromatic rings. The van der Waals surface area contributed by atoms with E-state index in [0.29, 0.717) is 12.0 Å². The number of aliphatic imine (C=N–C) groups is 1. The molecule has 0 saturated carbocycles. The molecule has 0 spiro atoms. The number of nitrogens with zero attached hydrogens (tertiary/aromatic N) is 2. The van der Waals surface area contributed by atoms with Gasteiger partial charge in [-0.25, -0.2) is 0 Å². The van der Waals surface area contributed by atoms with Crippen molar-refractivity contribution in [2.45, 2.75) is 65.9 Å². The zero-order chi connectivity index (χ0) is 19.0. The highest BCUT2D eigenvalue weighted by Crippen LogP contribution is 2.34. The maximum absolute atomic E-state index is 6.10. The molecule has 160 valence electrons. The molecular weight excluding hydrogens is 451 g/mol. The molecule has 2 rings (SSSR count). The van der Waals surface area contributed by atoms with E-state index in [1.54, 1.807) is 0 Å². The lowest BCUT2D eigenvalue weighted by Crippen LogP contribution is -2.43. The van der Waals surface area contributed by atoms with Crippen molar-refractivity contribution in [3.63, 3.8) is 0 Å². The van der Waals surface area contributed by atoms with E-state index in [0.717, 1.165) is 44.5 Å². The molecule has 2 fully saturated rings. The fourth-order valence-corrected chi connectivity index (χ4v) is 4.28. The topological polar surface area (TPSA) is 48.9 Å². The van der Waals surface area contributed by atoms with Crippen LogP contribution in [0.3, 0.4) is 0 Å². The van der Waals surface area contributed by atoms with Gasteiger partial charge in [0.1, 0.15) is 0 Å². The minimum Gasteiger partial charge on any atom is -0.377 e. The first-order valence-electron chi connectivity index (χ1n) is 10.7. The highest BCUT2D eigenvalue weighted by molar-refractivity contribution is 14.0. The molecule has 5 nitrogen and oxygen atoms in total. The van der Waals surface area contributed by atoms with Gasteiger partial charge in [-0.15, -0.1) is 24.0 Å². The average molecular weight is 495 g/mol. The molecule has 2 aliphatic heterocycles. The summed E-state index contributed by atoms with van der Waals surface area (Å²) < 4.78 is 6.10. The third-order valence-corrected chi connectivity index (χ3v) is 5.81. The van der Waals surface area contributed by atoms with Gasteiger partial charge in [0.25, 0.3) is 0 Å². The summed E-state index contributed by atoms with van der Waals surface area (Å²) in [5.41, 5.74) is 0.181. The standard InChI is InChI=1S/C21H42N4O.HI/c1-6-22-20(23-12-9-17-10-13-25(5)14-11-17)24-16-18-8-7-15-26-19(18)21(2,3)4;/h17-19H,6-16H2,1-5H3,(H2,22,23,24);1H. The van der Waals surface area contributed by atoms with Crippen LogP contribution in [0.1, 0.15) is 59.8 Å². The van der Waals surface area contributed by atoms with E-state index in [4.69, 9.17) is 9.73 Å². The van der Waals surface area contributed by atoms with Gasteiger partial charge >= 0.3 is 0 Å². The van der Waals surface area contributed by atoms with Crippen LogP contribution < -0.4 is 10.6 Å². The van der Waals surface area contributed by atoms with E-state index in [1.807, 2.05) is 0 Å². The molecule has 6 heteroatoms. The summed E-state index contributed by atoms with van der Waals surface area (Å²) in [6.07, 6.45) is 6.60. The molecule has 0 amide bonds. The third-order valence-electron chi connectivity index (χ3n) is 5.81. The molecule has 2 aliphatic rings. The van der Waals surface area contributed by atoms with E-state index >= 15 is 0 Å². The first-order valence-corrected chi connectivity index (χ1v) is 10.7. The molecule has 2 unspecified atom stereocenters. The van der Waals surface area contributed by atoms with E-state index in [1.165, 1.54) is 38.8 Å². The smallest absolute Gasteiger partial charge is 0.191 e. The Morgan fingerprint density at radius 3 is 2.48 bits per heavy atom. The predicted octanol–water partition coefficient (Wildman–Crippen LogP) is 3.73. The number of hydrogen-bond donors (Lipinski definition) is 2. The molecule has 0 bridgehead atoms. The van der Waals surface area contributed by atoms with Crippen molar-refractivity contribution in [2.75, 3.05) is 46.4 Å². The molecule has 2 atom stereocenters. The van der Waals surface area contributed by atoms with Gasteiger partial charge in [0.15, 0.2) is 5.96 Å². The summed E-state index contributed by atoms with van der Waals surface area (Å²) in [5, 5.41) is 6.97. The third kappa shape index (κ3) is 8.86. The Labute approximate surface area is 184 Å². The Hall–Kier alpha value is -0.0800. The molecule has 0 aromatic carbocycles. The van der Waals surface area contributed by atoms with Gasteiger partial charge in [-0.3, -0.25) is 4.99 Å². The maximum Gasteiger partial charge on any atom is 0.191 e. The summed E-state index contributed by atoms with van der Waals surface area (Å²) in [6.45, 7) is 15.1. The van der Waals surface area contributed by atoms with Gasteiger partial charge in [-0.2, -0.15) is 0 Å². The van der Waals surface area contributed by atoms with Crippen molar-refractivity contribution in [2.24, 2.45) is 22.2 Å². The number of guanidine groups is 1. The van der Waals surface area contributed by atoms with Crippen LogP contribution in [0.5, 0.6) is 0 Å². The van der Waals surface area contributed by atoms with Crippen LogP contribution in [0.15, 0.2) is 4.99 Å². The Morgan fingerprint density at radius 1 is 1.15 bits per heavy atom. The summed E-state index contributed by atoms with van der Waals surface area (Å²) in [5.74, 6) is 2.35. The SMILES string of the molecule is CCNC(=NCC1CCCOC1C(C)(C)C)NCCC1CCN(C)CC1.I. The largest absolute Gasteiger partial charge is 0.377 e. The Bertz CT molecular complexity index is 430. The first kappa shape index (κ1) is 25.0. The number of hydrogen-bond acceptors (Lipinski definition) is 3. The van der Waals surface area contributed by atoms with Crippen molar-refractivity contribution in [3.8, 4) is 0 Å². The van der Waals surface area contributed by atoms with Crippen molar-refractivity contribution in [1.29, 1.82) is 0 Å². The number of halogens is 1. The molecule has 2 N–H and O–H groups in total. The van der Waals surface area contributed by atoms with Crippen LogP contribution in [0.4, 0.5) is 0 Å². The van der Waals surface area contributed by atoms with E-state index in [2.05, 4.69) is 50.3 Å². The van der Waals surface area contributed by atoms with Gasteiger partial charge in [-0.05, 0) is 70.5 Å². The number of ether oxygens (including phenoxy) is 1. The highest BCUT2D eigenvalue weighted by Gasteiger charge is 2.35. The maximum atomic E-state index is 6.10. The molecule has 2 heterocycles. The van der Waals surface area contributed by atoms with Gasteiger partial charge < -0.3 is 20.3 Å². The van der Waals surface area contributed by atoms with Crippen LogP contribution in [0.25, 0.3) is 0 Å². The number of likely N-dealkylation sites (tertiary alicyclic amines) is 1. The fraction of sp³-hybridized carbons (Fsp3) is 0.952. The molecule has 0 aromatic heterocycles. The number of nitrogens with one attached hydrogen (secondary N) is 2. The van der Waals surface area contributed by atoms with Crippen LogP contribution >= 0.6 is 24.0 Å². The lowest BCUT2D eigenvalue weighted by Gasteiger charge is -2.39. The van der Waals surface area contributed by atoms with Gasteiger partial charge in [0, 0.05) is 32.2 Å². The summed E-state index contributed by atoms with van der Waals surface area (Å²) >= 11 is 0. The van der Waals surface area contributed by atoms with E-state index in [9.17, 15) is 0 Å². The fourth-order valence-electron chi connectivity index (χ4n) is 4.28. The predicted molar refractivity (Wildman–Crippen MR) is 126 cm³/mol. The van der Waals surface area contributed by atoms with E-state index < -0.39 is 0 Å². The Morgan fingerprint density at radius 2 is 1.85 bits per heavy atom. The Balaban J connectivity index is 0.00000364. The monoisotopic (exact) mass is 494 g/mol. The molecular formula is C21H43IN4O. The molecule has 27 heavy (non-hydrogen) atoms. The average Bonchev–Trinajstić information content (AvgIpc) is 2.61. The van der Waals surface area contributed by atoms with Crippen LogP contribution in [-0.2, 0) is 4.74 Å². The van der Waals surface area contributed by atoms with Crippen molar-refractivity contribution in [1.82, 2.24) is 15.5 Å². The van der Waals surface area contributed by atoms with Gasteiger partial charge in [0.05, 0.1) is 6.10 Å².